The van der Waals surface area contributed by atoms with Crippen molar-refractivity contribution in [3.05, 3.63) is 54.2 Å². The van der Waals surface area contributed by atoms with E-state index in [-0.39, 0.29) is 36.5 Å². The number of piperazine rings is 1. The molecule has 9 heteroatoms. The van der Waals surface area contributed by atoms with Gasteiger partial charge in [-0.3, -0.25) is 4.79 Å². The van der Waals surface area contributed by atoms with Gasteiger partial charge in [0.25, 0.3) is 5.91 Å². The van der Waals surface area contributed by atoms with Gasteiger partial charge < -0.3 is 24.8 Å². The molecule has 1 amide bonds. The van der Waals surface area contributed by atoms with E-state index in [0.717, 1.165) is 50.1 Å². The lowest BCUT2D eigenvalue weighted by Gasteiger charge is -2.37. The molecule has 2 aromatic rings. The molecule has 8 nitrogen and oxygen atoms in total. The number of carbonyl (C=O) groups is 1. The zero-order valence-corrected chi connectivity index (χ0v) is 21.4. The number of pyridine rings is 1. The van der Waals surface area contributed by atoms with Crippen LogP contribution in [0.15, 0.2) is 53.7 Å². The van der Waals surface area contributed by atoms with E-state index >= 15 is 0 Å². The Morgan fingerprint density at radius 1 is 1.16 bits per heavy atom. The first kappa shape index (κ1) is 25.7. The van der Waals surface area contributed by atoms with E-state index in [1.54, 1.807) is 14.1 Å². The van der Waals surface area contributed by atoms with Gasteiger partial charge in [-0.15, -0.1) is 24.0 Å². The summed E-state index contributed by atoms with van der Waals surface area (Å²) in [4.78, 5) is 27.1. The van der Waals surface area contributed by atoms with Gasteiger partial charge in [-0.2, -0.15) is 0 Å². The fourth-order valence-corrected chi connectivity index (χ4v) is 3.29. The van der Waals surface area contributed by atoms with E-state index < -0.39 is 0 Å². The molecule has 0 atom stereocenters. The molecule has 1 aromatic heterocycles. The van der Waals surface area contributed by atoms with Crippen LogP contribution in [0.25, 0.3) is 0 Å². The number of ether oxygens (including phenoxy) is 1. The number of anilines is 1. The predicted octanol–water partition coefficient (Wildman–Crippen LogP) is 2.45. The third kappa shape index (κ3) is 7.54. The van der Waals surface area contributed by atoms with E-state index in [1.807, 2.05) is 42.6 Å². The minimum Gasteiger partial charge on any atom is -0.484 e. The molecule has 2 heterocycles. The molecule has 0 spiro atoms. The van der Waals surface area contributed by atoms with Crippen molar-refractivity contribution in [1.82, 2.24) is 20.1 Å². The van der Waals surface area contributed by atoms with Crippen molar-refractivity contribution in [2.45, 2.75) is 13.5 Å². The number of nitrogens with one attached hydrogen (secondary N) is 1. The highest BCUT2D eigenvalue weighted by molar-refractivity contribution is 14.0. The highest BCUT2D eigenvalue weighted by atomic mass is 127. The van der Waals surface area contributed by atoms with Crippen molar-refractivity contribution in [2.75, 3.05) is 58.3 Å². The Hall–Kier alpha value is -2.56. The van der Waals surface area contributed by atoms with E-state index in [4.69, 9.17) is 9.73 Å². The van der Waals surface area contributed by atoms with Gasteiger partial charge in [0.1, 0.15) is 11.6 Å². The van der Waals surface area contributed by atoms with E-state index in [1.165, 1.54) is 4.90 Å². The minimum atomic E-state index is -0.0669. The number of rotatable bonds is 7. The van der Waals surface area contributed by atoms with Gasteiger partial charge in [0, 0.05) is 53.0 Å². The lowest BCUT2D eigenvalue weighted by atomic mass is 10.2. The number of aromatic nitrogens is 1. The fourth-order valence-electron chi connectivity index (χ4n) is 3.29. The summed E-state index contributed by atoms with van der Waals surface area (Å²) in [5.41, 5.74) is 1.04. The van der Waals surface area contributed by atoms with Crippen molar-refractivity contribution in [2.24, 2.45) is 4.99 Å². The first-order valence-electron chi connectivity index (χ1n) is 10.7. The van der Waals surface area contributed by atoms with Crippen LogP contribution in [0.4, 0.5) is 5.82 Å². The smallest absolute Gasteiger partial charge is 0.259 e. The third-order valence-corrected chi connectivity index (χ3v) is 5.06. The second kappa shape index (κ2) is 13.1. The summed E-state index contributed by atoms with van der Waals surface area (Å²) < 4.78 is 5.62. The molecule has 1 aliphatic rings. The van der Waals surface area contributed by atoms with Crippen LogP contribution in [-0.4, -0.2) is 80.1 Å². The summed E-state index contributed by atoms with van der Waals surface area (Å²) in [7, 11) is 3.44. The number of aliphatic imine (C=N–C) groups is 1. The first-order valence-corrected chi connectivity index (χ1v) is 10.7. The zero-order valence-electron chi connectivity index (χ0n) is 19.0. The maximum atomic E-state index is 11.7. The Balaban J connectivity index is 0.00000363. The van der Waals surface area contributed by atoms with Crippen molar-refractivity contribution in [3.8, 4) is 5.75 Å². The van der Waals surface area contributed by atoms with Gasteiger partial charge in [0.2, 0.25) is 0 Å². The van der Waals surface area contributed by atoms with E-state index in [9.17, 15) is 4.79 Å². The maximum absolute atomic E-state index is 11.7. The number of benzene rings is 1. The number of hydrogen-bond acceptors (Lipinski definition) is 5. The summed E-state index contributed by atoms with van der Waals surface area (Å²) in [6, 6.07) is 13.8. The molecule has 0 aliphatic carbocycles. The highest BCUT2D eigenvalue weighted by Crippen LogP contribution is 2.15. The van der Waals surface area contributed by atoms with Gasteiger partial charge in [-0.25, -0.2) is 9.98 Å². The van der Waals surface area contributed by atoms with Crippen LogP contribution >= 0.6 is 24.0 Å². The minimum absolute atomic E-state index is 0. The van der Waals surface area contributed by atoms with Crippen molar-refractivity contribution < 1.29 is 9.53 Å². The Morgan fingerprint density at radius 3 is 2.59 bits per heavy atom. The number of halogens is 1. The number of guanidine groups is 1. The molecule has 1 fully saturated rings. The van der Waals surface area contributed by atoms with Gasteiger partial charge in [0.05, 0.1) is 6.54 Å². The molecule has 0 saturated carbocycles. The third-order valence-electron chi connectivity index (χ3n) is 5.06. The Labute approximate surface area is 207 Å². The van der Waals surface area contributed by atoms with Crippen molar-refractivity contribution >= 4 is 41.7 Å². The molecule has 1 saturated heterocycles. The molecule has 0 unspecified atom stereocenters. The van der Waals surface area contributed by atoms with Crippen LogP contribution in [0.2, 0.25) is 0 Å². The van der Waals surface area contributed by atoms with E-state index in [2.05, 4.69) is 33.1 Å². The molecule has 3 rings (SSSR count). The number of amides is 1. The van der Waals surface area contributed by atoms with Crippen LogP contribution in [0.3, 0.4) is 0 Å². The summed E-state index contributed by atoms with van der Waals surface area (Å²) in [5.74, 6) is 2.55. The zero-order chi connectivity index (χ0) is 22.1. The Kier molecular flexibility index (Phi) is 10.5. The van der Waals surface area contributed by atoms with Crippen LogP contribution in [0.1, 0.15) is 12.5 Å². The molecule has 174 valence electrons. The van der Waals surface area contributed by atoms with Gasteiger partial charge in [0.15, 0.2) is 12.6 Å². The average Bonchev–Trinajstić information content (AvgIpc) is 2.81. The fraction of sp³-hybridized carbons (Fsp3) is 0.435. The van der Waals surface area contributed by atoms with Gasteiger partial charge in [-0.1, -0.05) is 18.2 Å². The Morgan fingerprint density at radius 2 is 1.94 bits per heavy atom. The van der Waals surface area contributed by atoms with Crippen LogP contribution in [-0.2, 0) is 11.3 Å². The standard InChI is InChI=1S/C23H32N6O2.HI/c1-4-24-23(29-14-12-28(13-15-29)21-10-5-6-11-25-21)26-17-19-8-7-9-20(16-19)31-18-22(30)27(2)3;/h5-11,16H,4,12-15,17-18H2,1-3H3,(H,24,26);1H. The highest BCUT2D eigenvalue weighted by Gasteiger charge is 2.20. The van der Waals surface area contributed by atoms with Gasteiger partial charge in [-0.05, 0) is 36.8 Å². The lowest BCUT2D eigenvalue weighted by Crippen LogP contribution is -2.52. The summed E-state index contributed by atoms with van der Waals surface area (Å²) in [6.07, 6.45) is 1.83. The summed E-state index contributed by atoms with van der Waals surface area (Å²) in [5, 5.41) is 3.40. The molecule has 1 N–H and O–H groups in total. The second-order valence-corrected chi connectivity index (χ2v) is 7.56. The summed E-state index contributed by atoms with van der Waals surface area (Å²) in [6.45, 7) is 7.06. The summed E-state index contributed by atoms with van der Waals surface area (Å²) >= 11 is 0. The Bertz CT molecular complexity index is 870. The number of likely N-dealkylation sites (N-methyl/N-ethyl adjacent to an activating group) is 1. The number of hydrogen-bond donors (Lipinski definition) is 1. The lowest BCUT2D eigenvalue weighted by molar-refractivity contribution is -0.130. The largest absolute Gasteiger partial charge is 0.484 e. The van der Waals surface area contributed by atoms with Crippen LogP contribution in [0.5, 0.6) is 5.75 Å². The SMILES string of the molecule is CCNC(=NCc1cccc(OCC(=O)N(C)C)c1)N1CCN(c2ccccn2)CC1.I. The topological polar surface area (TPSA) is 73.3 Å². The van der Waals surface area contributed by atoms with Crippen LogP contribution < -0.4 is 15.0 Å². The normalized spacial score (nSPS) is 13.9. The molecule has 0 bridgehead atoms. The molecule has 32 heavy (non-hydrogen) atoms. The number of carbonyl (C=O) groups excluding carboxylic acids is 1. The molecular weight excluding hydrogens is 519 g/mol. The monoisotopic (exact) mass is 552 g/mol. The maximum Gasteiger partial charge on any atom is 0.259 e. The predicted molar refractivity (Wildman–Crippen MR) is 139 cm³/mol. The average molecular weight is 552 g/mol. The molecule has 0 radical (unpaired) electrons. The second-order valence-electron chi connectivity index (χ2n) is 7.56. The quantitative estimate of drug-likeness (QED) is 0.324. The first-order chi connectivity index (χ1) is 15.1. The molecule has 1 aliphatic heterocycles. The van der Waals surface area contributed by atoms with Crippen LogP contribution in [0, 0.1) is 0 Å². The molecule has 1 aromatic carbocycles. The van der Waals surface area contributed by atoms with E-state index in [0.29, 0.717) is 12.3 Å². The molecular formula is C23H33IN6O2. The van der Waals surface area contributed by atoms with Gasteiger partial charge >= 0.3 is 0 Å². The number of nitrogens with zero attached hydrogens (tertiary/aromatic N) is 5. The van der Waals surface area contributed by atoms with Crippen molar-refractivity contribution in [1.29, 1.82) is 0 Å². The van der Waals surface area contributed by atoms with Crippen molar-refractivity contribution in [3.63, 3.8) is 0 Å².